The van der Waals surface area contributed by atoms with Crippen LogP contribution in [0.4, 0.5) is 0 Å². The van der Waals surface area contributed by atoms with Gasteiger partial charge in [0, 0.05) is 11.1 Å². The van der Waals surface area contributed by atoms with Crippen LogP contribution in [0.2, 0.25) is 0 Å². The van der Waals surface area contributed by atoms with E-state index in [2.05, 4.69) is 17.0 Å². The normalized spacial score (nSPS) is 12.3. The smallest absolute Gasteiger partial charge is 0.336 e. The van der Waals surface area contributed by atoms with Crippen LogP contribution in [-0.4, -0.2) is 40.2 Å². The summed E-state index contributed by atoms with van der Waals surface area (Å²) >= 11 is 0. The van der Waals surface area contributed by atoms with Crippen molar-refractivity contribution in [3.05, 3.63) is 48.0 Å². The lowest BCUT2D eigenvalue weighted by atomic mass is 10.1. The van der Waals surface area contributed by atoms with Crippen molar-refractivity contribution in [3.8, 4) is 34.6 Å². The molecule has 4 rings (SSSR count). The Hall–Kier alpha value is -3.55. The molecule has 0 N–H and O–H groups in total. The number of aromatic nitrogens is 3. The maximum atomic E-state index is 13.3. The molecule has 0 amide bonds. The van der Waals surface area contributed by atoms with Gasteiger partial charge in [0.05, 0.1) is 12.7 Å². The SMILES string of the molecule is CCCCOc1ccc(C(=O)n2nc(OC(C)C)nc2-c2ccc3c(c2)OCO3)cc1. The van der Waals surface area contributed by atoms with Crippen molar-refractivity contribution in [1.82, 2.24) is 14.8 Å². The average Bonchev–Trinajstić information content (AvgIpc) is 3.40. The lowest BCUT2D eigenvalue weighted by Crippen LogP contribution is -2.15. The maximum Gasteiger partial charge on any atom is 0.336 e. The summed E-state index contributed by atoms with van der Waals surface area (Å²) in [5, 5.41) is 4.31. The molecule has 0 saturated carbocycles. The summed E-state index contributed by atoms with van der Waals surface area (Å²) < 4.78 is 23.4. The first-order valence-electron chi connectivity index (χ1n) is 10.4. The van der Waals surface area contributed by atoms with E-state index in [-0.39, 0.29) is 24.8 Å². The van der Waals surface area contributed by atoms with Gasteiger partial charge in [-0.3, -0.25) is 4.79 Å². The van der Waals surface area contributed by atoms with Gasteiger partial charge in [-0.15, -0.1) is 5.10 Å². The first-order valence-corrected chi connectivity index (χ1v) is 10.4. The van der Waals surface area contributed by atoms with E-state index in [0.29, 0.717) is 35.1 Å². The summed E-state index contributed by atoms with van der Waals surface area (Å²) in [6.07, 6.45) is 1.92. The maximum absolute atomic E-state index is 13.3. The molecular formula is C23H25N3O5. The number of rotatable bonds is 8. The zero-order valence-corrected chi connectivity index (χ0v) is 17.8. The van der Waals surface area contributed by atoms with Gasteiger partial charge >= 0.3 is 6.01 Å². The third-order valence-electron chi connectivity index (χ3n) is 4.62. The number of hydrogen-bond acceptors (Lipinski definition) is 7. The molecule has 162 valence electrons. The minimum atomic E-state index is -0.320. The first-order chi connectivity index (χ1) is 15.0. The largest absolute Gasteiger partial charge is 0.494 e. The van der Waals surface area contributed by atoms with E-state index < -0.39 is 0 Å². The molecule has 0 spiro atoms. The van der Waals surface area contributed by atoms with E-state index in [4.69, 9.17) is 18.9 Å². The highest BCUT2D eigenvalue weighted by Crippen LogP contribution is 2.36. The lowest BCUT2D eigenvalue weighted by Gasteiger charge is -2.08. The molecule has 31 heavy (non-hydrogen) atoms. The first kappa shape index (κ1) is 20.7. The molecule has 2 aromatic carbocycles. The number of carbonyl (C=O) groups is 1. The van der Waals surface area contributed by atoms with E-state index in [1.54, 1.807) is 36.4 Å². The number of unbranched alkanes of at least 4 members (excludes halogenated alkanes) is 1. The Morgan fingerprint density at radius 1 is 1.13 bits per heavy atom. The summed E-state index contributed by atoms with van der Waals surface area (Å²) in [5.41, 5.74) is 1.13. The molecule has 1 aliphatic heterocycles. The number of fused-ring (bicyclic) bond motifs is 1. The van der Waals surface area contributed by atoms with Crippen molar-refractivity contribution in [2.75, 3.05) is 13.4 Å². The Bertz CT molecular complexity index is 1060. The van der Waals surface area contributed by atoms with Crippen LogP contribution in [0.1, 0.15) is 44.0 Å². The molecule has 3 aromatic rings. The molecule has 1 aromatic heterocycles. The van der Waals surface area contributed by atoms with Crippen LogP contribution < -0.4 is 18.9 Å². The average molecular weight is 423 g/mol. The van der Waals surface area contributed by atoms with Crippen LogP contribution in [0.25, 0.3) is 11.4 Å². The van der Waals surface area contributed by atoms with E-state index in [9.17, 15) is 4.79 Å². The lowest BCUT2D eigenvalue weighted by molar-refractivity contribution is 0.0943. The van der Waals surface area contributed by atoms with Crippen LogP contribution >= 0.6 is 0 Å². The van der Waals surface area contributed by atoms with Gasteiger partial charge in [0.15, 0.2) is 17.3 Å². The van der Waals surface area contributed by atoms with Gasteiger partial charge in [0.25, 0.3) is 5.91 Å². The molecule has 8 nitrogen and oxygen atoms in total. The molecule has 1 aliphatic rings. The quantitative estimate of drug-likeness (QED) is 0.499. The highest BCUT2D eigenvalue weighted by atomic mass is 16.7. The topological polar surface area (TPSA) is 84.7 Å². The van der Waals surface area contributed by atoms with Crippen LogP contribution in [0.3, 0.4) is 0 Å². The zero-order valence-electron chi connectivity index (χ0n) is 17.8. The van der Waals surface area contributed by atoms with Gasteiger partial charge in [-0.2, -0.15) is 9.67 Å². The molecule has 0 bridgehead atoms. The third-order valence-corrected chi connectivity index (χ3v) is 4.62. The second-order valence-corrected chi connectivity index (χ2v) is 7.40. The molecular weight excluding hydrogens is 398 g/mol. The Labute approximate surface area is 180 Å². The zero-order chi connectivity index (χ0) is 21.8. The fourth-order valence-corrected chi connectivity index (χ4v) is 3.07. The molecule has 0 radical (unpaired) electrons. The van der Waals surface area contributed by atoms with Gasteiger partial charge in [-0.25, -0.2) is 0 Å². The van der Waals surface area contributed by atoms with Crippen LogP contribution in [0, 0.1) is 0 Å². The number of nitrogens with zero attached hydrogens (tertiary/aromatic N) is 3. The molecule has 0 unspecified atom stereocenters. The van der Waals surface area contributed by atoms with Crippen molar-refractivity contribution in [1.29, 1.82) is 0 Å². The molecule has 0 aliphatic carbocycles. The fourth-order valence-electron chi connectivity index (χ4n) is 3.07. The molecule has 2 heterocycles. The molecule has 8 heteroatoms. The Balaban J connectivity index is 1.65. The Morgan fingerprint density at radius 2 is 1.90 bits per heavy atom. The number of benzene rings is 2. The fraction of sp³-hybridized carbons (Fsp3) is 0.348. The summed E-state index contributed by atoms with van der Waals surface area (Å²) in [6.45, 7) is 6.67. The van der Waals surface area contributed by atoms with Gasteiger partial charge in [0.1, 0.15) is 5.75 Å². The van der Waals surface area contributed by atoms with Crippen molar-refractivity contribution < 1.29 is 23.7 Å². The molecule has 0 atom stereocenters. The van der Waals surface area contributed by atoms with E-state index >= 15 is 0 Å². The Morgan fingerprint density at radius 3 is 2.65 bits per heavy atom. The van der Waals surface area contributed by atoms with Crippen molar-refractivity contribution >= 4 is 5.91 Å². The summed E-state index contributed by atoms with van der Waals surface area (Å²) in [5.74, 6) is 2.02. The van der Waals surface area contributed by atoms with Gasteiger partial charge in [0.2, 0.25) is 6.79 Å². The number of carbonyl (C=O) groups excluding carboxylic acids is 1. The van der Waals surface area contributed by atoms with Crippen molar-refractivity contribution in [2.45, 2.75) is 39.7 Å². The predicted octanol–water partition coefficient (Wildman–Crippen LogP) is 4.33. The van der Waals surface area contributed by atoms with Gasteiger partial charge in [-0.1, -0.05) is 13.3 Å². The molecule has 0 fully saturated rings. The van der Waals surface area contributed by atoms with E-state index in [1.807, 2.05) is 19.9 Å². The van der Waals surface area contributed by atoms with Crippen LogP contribution in [-0.2, 0) is 0 Å². The summed E-state index contributed by atoms with van der Waals surface area (Å²) in [4.78, 5) is 17.7. The number of hydrogen-bond donors (Lipinski definition) is 0. The van der Waals surface area contributed by atoms with Crippen LogP contribution in [0.5, 0.6) is 23.3 Å². The Kier molecular flexibility index (Phi) is 6.06. The second kappa shape index (κ2) is 9.07. The van der Waals surface area contributed by atoms with E-state index in [0.717, 1.165) is 18.6 Å². The van der Waals surface area contributed by atoms with Crippen molar-refractivity contribution in [2.24, 2.45) is 0 Å². The minimum Gasteiger partial charge on any atom is -0.494 e. The third kappa shape index (κ3) is 4.63. The van der Waals surface area contributed by atoms with Crippen LogP contribution in [0.15, 0.2) is 42.5 Å². The van der Waals surface area contributed by atoms with Crippen molar-refractivity contribution in [3.63, 3.8) is 0 Å². The monoisotopic (exact) mass is 423 g/mol. The second-order valence-electron chi connectivity index (χ2n) is 7.40. The van der Waals surface area contributed by atoms with E-state index in [1.165, 1.54) is 4.68 Å². The highest BCUT2D eigenvalue weighted by molar-refractivity contribution is 5.97. The molecule has 0 saturated heterocycles. The standard InChI is InChI=1S/C23H25N3O5/c1-4-5-12-28-18-9-6-16(7-10-18)22(27)26-21(24-23(25-26)31-15(2)3)17-8-11-19-20(13-17)30-14-29-19/h6-11,13,15H,4-5,12,14H2,1-3H3. The summed E-state index contributed by atoms with van der Waals surface area (Å²) in [6, 6.07) is 12.5. The van der Waals surface area contributed by atoms with Gasteiger partial charge in [-0.05, 0) is 62.7 Å². The highest BCUT2D eigenvalue weighted by Gasteiger charge is 2.23. The summed E-state index contributed by atoms with van der Waals surface area (Å²) in [7, 11) is 0. The van der Waals surface area contributed by atoms with Gasteiger partial charge < -0.3 is 18.9 Å². The minimum absolute atomic E-state index is 0.130. The number of ether oxygens (including phenoxy) is 4. The predicted molar refractivity (Wildman–Crippen MR) is 114 cm³/mol.